The molecular weight excluding hydrogens is 310 g/mol. The highest BCUT2D eigenvalue weighted by molar-refractivity contribution is 9.10. The van der Waals surface area contributed by atoms with E-state index in [4.69, 9.17) is 12.2 Å². The summed E-state index contributed by atoms with van der Waals surface area (Å²) in [5, 5.41) is 4.12. The minimum Gasteiger partial charge on any atom is -0.346 e. The Kier molecular flexibility index (Phi) is 4.97. The van der Waals surface area contributed by atoms with Gasteiger partial charge in [-0.05, 0) is 46.8 Å². The minimum atomic E-state index is 0.817. The second kappa shape index (κ2) is 6.50. The molecule has 1 fully saturated rings. The van der Waals surface area contributed by atoms with Crippen LogP contribution in [0.5, 0.6) is 0 Å². The van der Waals surface area contributed by atoms with Crippen LogP contribution in [0.15, 0.2) is 28.7 Å². The molecule has 1 aromatic carbocycles. The Bertz CT molecular complexity index is 416. The number of para-hydroxylation sites is 1. The van der Waals surface area contributed by atoms with Crippen molar-refractivity contribution in [2.45, 2.75) is 6.92 Å². The van der Waals surface area contributed by atoms with Gasteiger partial charge in [-0.3, -0.25) is 0 Å². The molecule has 0 saturated carbocycles. The van der Waals surface area contributed by atoms with Gasteiger partial charge in [-0.1, -0.05) is 19.1 Å². The molecule has 3 nitrogen and oxygen atoms in total. The summed E-state index contributed by atoms with van der Waals surface area (Å²) in [6.07, 6.45) is 0. The van der Waals surface area contributed by atoms with Crippen LogP contribution in [0, 0.1) is 0 Å². The molecule has 1 heterocycles. The summed E-state index contributed by atoms with van der Waals surface area (Å²) in [5.41, 5.74) is 1.03. The van der Waals surface area contributed by atoms with E-state index in [1.807, 2.05) is 24.3 Å². The lowest BCUT2D eigenvalue weighted by atomic mass is 10.3. The number of piperazine rings is 1. The molecule has 0 aromatic heterocycles. The number of thiocarbonyl (C=S) groups is 1. The highest BCUT2D eigenvalue weighted by Gasteiger charge is 2.17. The second-order valence-electron chi connectivity index (χ2n) is 4.33. The number of rotatable bonds is 2. The standard InChI is InChI=1S/C13H18BrN3S/c1-2-16-7-9-17(10-8-16)13(18)15-12-6-4-3-5-11(12)14/h3-6H,2,7-10H2,1H3,(H,15,18). The van der Waals surface area contributed by atoms with Crippen molar-refractivity contribution in [2.24, 2.45) is 0 Å². The van der Waals surface area contributed by atoms with Crippen LogP contribution in [0.25, 0.3) is 0 Å². The van der Waals surface area contributed by atoms with Gasteiger partial charge in [0.1, 0.15) is 0 Å². The molecule has 0 atom stereocenters. The van der Waals surface area contributed by atoms with Gasteiger partial charge in [0.15, 0.2) is 5.11 Å². The Labute approximate surface area is 122 Å². The first-order valence-corrected chi connectivity index (χ1v) is 7.43. The lowest BCUT2D eigenvalue weighted by Crippen LogP contribution is -2.49. The van der Waals surface area contributed by atoms with Crippen molar-refractivity contribution in [3.8, 4) is 0 Å². The van der Waals surface area contributed by atoms with Crippen LogP contribution in [-0.2, 0) is 0 Å². The maximum Gasteiger partial charge on any atom is 0.173 e. The average molecular weight is 328 g/mol. The SMILES string of the molecule is CCN1CCN(C(=S)Nc2ccccc2Br)CC1. The van der Waals surface area contributed by atoms with Gasteiger partial charge in [-0.15, -0.1) is 0 Å². The molecule has 98 valence electrons. The third-order valence-corrected chi connectivity index (χ3v) is 4.27. The molecule has 0 spiro atoms. The van der Waals surface area contributed by atoms with Crippen molar-refractivity contribution in [3.63, 3.8) is 0 Å². The fraction of sp³-hybridized carbons (Fsp3) is 0.462. The molecular formula is C13H18BrN3S. The van der Waals surface area contributed by atoms with Crippen molar-refractivity contribution >= 4 is 38.9 Å². The Morgan fingerprint density at radius 2 is 1.94 bits per heavy atom. The molecule has 0 aliphatic carbocycles. The van der Waals surface area contributed by atoms with Crippen LogP contribution in [0.3, 0.4) is 0 Å². The predicted octanol–water partition coefficient (Wildman–Crippen LogP) is 2.78. The molecule has 0 bridgehead atoms. The molecule has 2 rings (SSSR count). The van der Waals surface area contributed by atoms with E-state index < -0.39 is 0 Å². The van der Waals surface area contributed by atoms with Gasteiger partial charge in [0.2, 0.25) is 0 Å². The number of anilines is 1. The molecule has 18 heavy (non-hydrogen) atoms. The minimum absolute atomic E-state index is 0.817. The maximum absolute atomic E-state index is 5.47. The molecule has 0 unspecified atom stereocenters. The van der Waals surface area contributed by atoms with Crippen LogP contribution in [-0.4, -0.2) is 47.6 Å². The predicted molar refractivity (Wildman–Crippen MR) is 84.0 cm³/mol. The van der Waals surface area contributed by atoms with E-state index >= 15 is 0 Å². The number of halogens is 1. The van der Waals surface area contributed by atoms with E-state index in [9.17, 15) is 0 Å². The lowest BCUT2D eigenvalue weighted by molar-refractivity contribution is 0.191. The molecule has 1 aliphatic heterocycles. The van der Waals surface area contributed by atoms with Crippen molar-refractivity contribution in [1.82, 2.24) is 9.80 Å². The van der Waals surface area contributed by atoms with Gasteiger partial charge in [0, 0.05) is 30.7 Å². The average Bonchev–Trinajstić information content (AvgIpc) is 2.41. The van der Waals surface area contributed by atoms with E-state index in [-0.39, 0.29) is 0 Å². The van der Waals surface area contributed by atoms with E-state index in [1.54, 1.807) is 0 Å². The Balaban J connectivity index is 1.91. The van der Waals surface area contributed by atoms with Gasteiger partial charge in [0.05, 0.1) is 5.69 Å². The van der Waals surface area contributed by atoms with Crippen LogP contribution in [0.1, 0.15) is 6.92 Å². The zero-order valence-electron chi connectivity index (χ0n) is 10.5. The Hall–Kier alpha value is -0.650. The highest BCUT2D eigenvalue weighted by atomic mass is 79.9. The van der Waals surface area contributed by atoms with E-state index in [1.165, 1.54) is 0 Å². The summed E-state index contributed by atoms with van der Waals surface area (Å²) >= 11 is 8.99. The number of nitrogens with one attached hydrogen (secondary N) is 1. The normalized spacial score (nSPS) is 16.7. The third kappa shape index (κ3) is 3.43. The number of likely N-dealkylation sites (N-methyl/N-ethyl adjacent to an activating group) is 1. The molecule has 1 aliphatic rings. The zero-order chi connectivity index (χ0) is 13.0. The quantitative estimate of drug-likeness (QED) is 0.841. The first-order valence-electron chi connectivity index (χ1n) is 6.23. The summed E-state index contributed by atoms with van der Waals surface area (Å²) < 4.78 is 1.04. The van der Waals surface area contributed by atoms with Crippen LogP contribution >= 0.6 is 28.1 Å². The van der Waals surface area contributed by atoms with Crippen LogP contribution < -0.4 is 5.32 Å². The Morgan fingerprint density at radius 3 is 2.56 bits per heavy atom. The lowest BCUT2D eigenvalue weighted by Gasteiger charge is -2.35. The van der Waals surface area contributed by atoms with Gasteiger partial charge in [-0.25, -0.2) is 0 Å². The van der Waals surface area contributed by atoms with Gasteiger partial charge in [-0.2, -0.15) is 0 Å². The zero-order valence-corrected chi connectivity index (χ0v) is 12.9. The fourth-order valence-corrected chi connectivity index (χ4v) is 2.70. The first-order chi connectivity index (χ1) is 8.70. The van der Waals surface area contributed by atoms with Crippen molar-refractivity contribution in [1.29, 1.82) is 0 Å². The van der Waals surface area contributed by atoms with Crippen molar-refractivity contribution < 1.29 is 0 Å². The molecule has 0 radical (unpaired) electrons. The van der Waals surface area contributed by atoms with E-state index in [0.717, 1.165) is 48.0 Å². The molecule has 0 amide bonds. The smallest absolute Gasteiger partial charge is 0.173 e. The van der Waals surface area contributed by atoms with Crippen molar-refractivity contribution in [3.05, 3.63) is 28.7 Å². The first kappa shape index (κ1) is 13.8. The second-order valence-corrected chi connectivity index (χ2v) is 5.57. The number of hydrogen-bond acceptors (Lipinski definition) is 2. The number of nitrogens with zero attached hydrogens (tertiary/aromatic N) is 2. The summed E-state index contributed by atoms with van der Waals surface area (Å²) in [5.74, 6) is 0. The van der Waals surface area contributed by atoms with Gasteiger partial charge < -0.3 is 15.1 Å². The number of hydrogen-bond donors (Lipinski definition) is 1. The van der Waals surface area contributed by atoms with Gasteiger partial charge >= 0.3 is 0 Å². The van der Waals surface area contributed by atoms with Crippen LogP contribution in [0.2, 0.25) is 0 Å². The largest absolute Gasteiger partial charge is 0.346 e. The Morgan fingerprint density at radius 1 is 1.28 bits per heavy atom. The van der Waals surface area contributed by atoms with Gasteiger partial charge in [0.25, 0.3) is 0 Å². The summed E-state index contributed by atoms with van der Waals surface area (Å²) in [7, 11) is 0. The molecule has 5 heteroatoms. The highest BCUT2D eigenvalue weighted by Crippen LogP contribution is 2.21. The molecule has 1 aromatic rings. The summed E-state index contributed by atoms with van der Waals surface area (Å²) in [6, 6.07) is 8.04. The number of benzene rings is 1. The molecule has 1 N–H and O–H groups in total. The molecule has 1 saturated heterocycles. The monoisotopic (exact) mass is 327 g/mol. The summed E-state index contributed by atoms with van der Waals surface area (Å²) in [4.78, 5) is 4.68. The third-order valence-electron chi connectivity index (χ3n) is 3.22. The summed E-state index contributed by atoms with van der Waals surface area (Å²) in [6.45, 7) is 7.52. The van der Waals surface area contributed by atoms with Crippen LogP contribution in [0.4, 0.5) is 5.69 Å². The van der Waals surface area contributed by atoms with E-state index in [0.29, 0.717) is 0 Å². The fourth-order valence-electron chi connectivity index (χ4n) is 2.02. The van der Waals surface area contributed by atoms with Crippen molar-refractivity contribution in [2.75, 3.05) is 38.0 Å². The maximum atomic E-state index is 5.47. The topological polar surface area (TPSA) is 18.5 Å². The van der Waals surface area contributed by atoms with E-state index in [2.05, 4.69) is 38.0 Å².